The van der Waals surface area contributed by atoms with Gasteiger partial charge in [-0.25, -0.2) is 0 Å². The number of amides is 1. The van der Waals surface area contributed by atoms with E-state index < -0.39 is 0 Å². The number of nitrogens with one attached hydrogen (secondary N) is 1. The van der Waals surface area contributed by atoms with Crippen LogP contribution in [0.5, 0.6) is 0 Å². The van der Waals surface area contributed by atoms with E-state index >= 15 is 0 Å². The molecule has 0 aliphatic rings. The van der Waals surface area contributed by atoms with Crippen LogP contribution in [0.4, 0.5) is 5.69 Å². The molecule has 0 unspecified atom stereocenters. The van der Waals surface area contributed by atoms with Crippen LogP contribution in [-0.2, 0) is 11.2 Å². The van der Waals surface area contributed by atoms with E-state index in [1.54, 1.807) is 19.2 Å². The fourth-order valence-electron chi connectivity index (χ4n) is 1.96. The van der Waals surface area contributed by atoms with E-state index in [-0.39, 0.29) is 5.91 Å². The van der Waals surface area contributed by atoms with E-state index in [1.165, 1.54) is 0 Å². The number of carbonyl (C=O) groups excluding carboxylic acids is 1. The highest BCUT2D eigenvalue weighted by atomic mass is 79.9. The summed E-state index contributed by atoms with van der Waals surface area (Å²) in [6, 6.07) is 13.1. The number of methoxy groups -OCH3 is 1. The van der Waals surface area contributed by atoms with Gasteiger partial charge in [-0.05, 0) is 36.2 Å². The molecule has 2 aromatic carbocycles. The van der Waals surface area contributed by atoms with Crippen LogP contribution in [0.15, 0.2) is 51.8 Å². The molecule has 1 amide bonds. The third kappa shape index (κ3) is 4.33. The van der Waals surface area contributed by atoms with Gasteiger partial charge in [0.1, 0.15) is 0 Å². The summed E-state index contributed by atoms with van der Waals surface area (Å²) in [6.07, 6.45) is 0.751. The summed E-state index contributed by atoms with van der Waals surface area (Å²) in [4.78, 5) is 13.0. The predicted octanol–water partition coefficient (Wildman–Crippen LogP) is 4.18. The normalized spacial score (nSPS) is 10.4. The van der Waals surface area contributed by atoms with Gasteiger partial charge in [0.25, 0.3) is 5.91 Å². The number of hydrogen-bond acceptors (Lipinski definition) is 3. The Morgan fingerprint density at radius 2 is 2.05 bits per heavy atom. The van der Waals surface area contributed by atoms with Gasteiger partial charge in [-0.15, -0.1) is 12.6 Å². The first-order chi connectivity index (χ1) is 10.1. The van der Waals surface area contributed by atoms with Crippen molar-refractivity contribution in [3.63, 3.8) is 0 Å². The van der Waals surface area contributed by atoms with Crippen molar-refractivity contribution in [3.8, 4) is 0 Å². The van der Waals surface area contributed by atoms with Crippen molar-refractivity contribution in [2.75, 3.05) is 19.0 Å². The second-order valence-electron chi connectivity index (χ2n) is 4.52. The SMILES string of the molecule is COCCc1ccccc1NC(=O)c1ccc(Br)cc1S. The lowest BCUT2D eigenvalue weighted by atomic mass is 10.1. The molecule has 5 heteroatoms. The number of para-hydroxylation sites is 1. The fourth-order valence-corrected chi connectivity index (χ4v) is 2.81. The molecular weight excluding hydrogens is 350 g/mol. The predicted molar refractivity (Wildman–Crippen MR) is 91.4 cm³/mol. The van der Waals surface area contributed by atoms with Gasteiger partial charge in [-0.1, -0.05) is 34.1 Å². The van der Waals surface area contributed by atoms with Crippen LogP contribution in [0.1, 0.15) is 15.9 Å². The zero-order chi connectivity index (χ0) is 15.2. The van der Waals surface area contributed by atoms with Crippen molar-refractivity contribution in [1.82, 2.24) is 0 Å². The van der Waals surface area contributed by atoms with Gasteiger partial charge >= 0.3 is 0 Å². The van der Waals surface area contributed by atoms with Crippen molar-refractivity contribution in [2.45, 2.75) is 11.3 Å². The summed E-state index contributed by atoms with van der Waals surface area (Å²) in [6.45, 7) is 0.614. The number of carbonyl (C=O) groups is 1. The Kier molecular flexibility index (Phi) is 5.85. The van der Waals surface area contributed by atoms with Gasteiger partial charge in [-0.3, -0.25) is 4.79 Å². The first kappa shape index (κ1) is 16.1. The Morgan fingerprint density at radius 3 is 2.76 bits per heavy atom. The van der Waals surface area contributed by atoms with Crippen LogP contribution >= 0.6 is 28.6 Å². The van der Waals surface area contributed by atoms with Crippen LogP contribution in [0.25, 0.3) is 0 Å². The molecule has 0 saturated carbocycles. The average molecular weight is 366 g/mol. The topological polar surface area (TPSA) is 38.3 Å². The third-order valence-corrected chi connectivity index (χ3v) is 3.91. The minimum absolute atomic E-state index is 0.169. The highest BCUT2D eigenvalue weighted by molar-refractivity contribution is 9.10. The van der Waals surface area contributed by atoms with E-state index in [9.17, 15) is 4.79 Å². The Bertz CT molecular complexity index is 646. The Labute approximate surface area is 138 Å². The summed E-state index contributed by atoms with van der Waals surface area (Å²) in [5.41, 5.74) is 2.39. The second kappa shape index (κ2) is 7.64. The maximum absolute atomic E-state index is 12.4. The lowest BCUT2D eigenvalue weighted by Gasteiger charge is -2.12. The Morgan fingerprint density at radius 1 is 1.29 bits per heavy atom. The molecule has 0 spiro atoms. The maximum Gasteiger partial charge on any atom is 0.256 e. The minimum atomic E-state index is -0.169. The Balaban J connectivity index is 2.19. The molecule has 1 N–H and O–H groups in total. The molecule has 21 heavy (non-hydrogen) atoms. The average Bonchev–Trinajstić information content (AvgIpc) is 2.46. The molecule has 2 aromatic rings. The molecule has 0 aromatic heterocycles. The second-order valence-corrected chi connectivity index (χ2v) is 5.91. The Hall–Kier alpha value is -1.30. The van der Waals surface area contributed by atoms with E-state index in [0.717, 1.165) is 22.1 Å². The molecule has 0 fully saturated rings. The molecule has 3 nitrogen and oxygen atoms in total. The number of hydrogen-bond donors (Lipinski definition) is 2. The molecule has 0 bridgehead atoms. The molecule has 0 atom stereocenters. The first-order valence-corrected chi connectivity index (χ1v) is 7.72. The zero-order valence-corrected chi connectivity index (χ0v) is 14.1. The number of halogens is 1. The van der Waals surface area contributed by atoms with Crippen molar-refractivity contribution in [1.29, 1.82) is 0 Å². The van der Waals surface area contributed by atoms with Gasteiger partial charge in [0.05, 0.1) is 12.2 Å². The number of thiol groups is 1. The van der Waals surface area contributed by atoms with Crippen LogP contribution in [0, 0.1) is 0 Å². The third-order valence-electron chi connectivity index (χ3n) is 3.05. The minimum Gasteiger partial charge on any atom is -0.384 e. The summed E-state index contributed by atoms with van der Waals surface area (Å²) in [5, 5.41) is 2.94. The van der Waals surface area contributed by atoms with Crippen LogP contribution in [0.3, 0.4) is 0 Å². The summed E-state index contributed by atoms with van der Waals surface area (Å²) < 4.78 is 5.99. The highest BCUT2D eigenvalue weighted by Crippen LogP contribution is 2.22. The summed E-state index contributed by atoms with van der Waals surface area (Å²) >= 11 is 7.70. The van der Waals surface area contributed by atoms with E-state index in [4.69, 9.17) is 4.74 Å². The van der Waals surface area contributed by atoms with Crippen LogP contribution < -0.4 is 5.32 Å². The molecule has 2 rings (SSSR count). The van der Waals surface area contributed by atoms with Gasteiger partial charge in [0.2, 0.25) is 0 Å². The lowest BCUT2D eigenvalue weighted by molar-refractivity contribution is 0.102. The van der Waals surface area contributed by atoms with Crippen molar-refractivity contribution in [3.05, 3.63) is 58.1 Å². The molecule has 0 aliphatic carbocycles. The van der Waals surface area contributed by atoms with Crippen molar-refractivity contribution < 1.29 is 9.53 Å². The first-order valence-electron chi connectivity index (χ1n) is 6.48. The molecule has 0 aliphatic heterocycles. The van der Waals surface area contributed by atoms with Crippen molar-refractivity contribution in [2.24, 2.45) is 0 Å². The molecule has 0 radical (unpaired) electrons. The van der Waals surface area contributed by atoms with Crippen LogP contribution in [0.2, 0.25) is 0 Å². The highest BCUT2D eigenvalue weighted by Gasteiger charge is 2.12. The smallest absolute Gasteiger partial charge is 0.256 e. The zero-order valence-electron chi connectivity index (χ0n) is 11.6. The van der Waals surface area contributed by atoms with Crippen molar-refractivity contribution >= 4 is 40.2 Å². The molecule has 0 heterocycles. The summed E-state index contributed by atoms with van der Waals surface area (Å²) in [5.74, 6) is -0.169. The number of ether oxygens (including phenoxy) is 1. The number of anilines is 1. The van der Waals surface area contributed by atoms with Crippen LogP contribution in [-0.4, -0.2) is 19.6 Å². The maximum atomic E-state index is 12.4. The van der Waals surface area contributed by atoms with Gasteiger partial charge in [0, 0.05) is 22.2 Å². The largest absolute Gasteiger partial charge is 0.384 e. The van der Waals surface area contributed by atoms with Gasteiger partial charge in [0.15, 0.2) is 0 Å². The van der Waals surface area contributed by atoms with Gasteiger partial charge in [-0.2, -0.15) is 0 Å². The van der Waals surface area contributed by atoms with E-state index in [1.807, 2.05) is 30.3 Å². The summed E-state index contributed by atoms with van der Waals surface area (Å²) in [7, 11) is 1.66. The van der Waals surface area contributed by atoms with E-state index in [2.05, 4.69) is 33.9 Å². The molecular formula is C16H16BrNO2S. The number of rotatable bonds is 5. The lowest BCUT2D eigenvalue weighted by Crippen LogP contribution is -2.14. The number of benzene rings is 2. The fraction of sp³-hybridized carbons (Fsp3) is 0.188. The van der Waals surface area contributed by atoms with Gasteiger partial charge < -0.3 is 10.1 Å². The van der Waals surface area contributed by atoms with E-state index in [0.29, 0.717) is 17.1 Å². The standard InChI is InChI=1S/C16H16BrNO2S/c1-20-9-8-11-4-2-3-5-14(11)18-16(19)13-7-6-12(17)10-15(13)21/h2-7,10,21H,8-9H2,1H3,(H,18,19). The molecule has 0 saturated heterocycles. The quantitative estimate of drug-likeness (QED) is 0.780. The molecule has 110 valence electrons. The monoisotopic (exact) mass is 365 g/mol.